The molecule has 0 atom stereocenters. The summed E-state index contributed by atoms with van der Waals surface area (Å²) >= 11 is 6.57. The van der Waals surface area contributed by atoms with Crippen LogP contribution in [0.2, 0.25) is 5.02 Å². The fraction of sp³-hybridized carbons (Fsp3) is 0.333. The number of benzene rings is 1. The zero-order chi connectivity index (χ0) is 28.6. The molecule has 0 bridgehead atoms. The number of aryl methyl sites for hydroxylation is 2. The highest BCUT2D eigenvalue weighted by molar-refractivity contribution is 6.38. The molecule has 4 heterocycles. The Morgan fingerprint density at radius 2 is 1.85 bits per heavy atom. The van der Waals surface area contributed by atoms with Crippen LogP contribution >= 0.6 is 11.6 Å². The van der Waals surface area contributed by atoms with Gasteiger partial charge in [-0.2, -0.15) is 18.3 Å². The number of aromatic nitrogens is 3. The molecule has 40 heavy (non-hydrogen) atoms. The SMILES string of the molecule is Cc1nn(C)c2ncc(C(=O)N3CCN(Cc4cc(=O)c(OCc5ccc(C(F)(F)F)cc5)co4)CC3)c(Cl)c12. The first-order valence-electron chi connectivity index (χ1n) is 12.4. The third-order valence-corrected chi connectivity index (χ3v) is 7.15. The Balaban J connectivity index is 1.16. The van der Waals surface area contributed by atoms with Crippen molar-refractivity contribution in [3.63, 3.8) is 0 Å². The maximum atomic E-state index is 13.2. The summed E-state index contributed by atoms with van der Waals surface area (Å²) in [6.07, 6.45) is -1.73. The molecule has 0 radical (unpaired) electrons. The quantitative estimate of drug-likeness (QED) is 0.335. The minimum atomic E-state index is -4.42. The van der Waals surface area contributed by atoms with Crippen LogP contribution in [0.1, 0.15) is 32.9 Å². The summed E-state index contributed by atoms with van der Waals surface area (Å²) in [7, 11) is 1.77. The van der Waals surface area contributed by atoms with Gasteiger partial charge in [0, 0.05) is 45.5 Å². The molecule has 13 heteroatoms. The molecule has 1 fully saturated rings. The van der Waals surface area contributed by atoms with Crippen LogP contribution < -0.4 is 10.2 Å². The first-order valence-corrected chi connectivity index (χ1v) is 12.8. The Kier molecular flexibility index (Phi) is 7.56. The Hall–Kier alpha value is -3.90. The summed E-state index contributed by atoms with van der Waals surface area (Å²) in [5, 5.41) is 5.33. The first kappa shape index (κ1) is 27.7. The first-order chi connectivity index (χ1) is 19.0. The molecule has 5 rings (SSSR count). The van der Waals surface area contributed by atoms with E-state index >= 15 is 0 Å². The number of fused-ring (bicyclic) bond motifs is 1. The Morgan fingerprint density at radius 1 is 1.15 bits per heavy atom. The van der Waals surface area contributed by atoms with Crippen molar-refractivity contribution >= 4 is 28.5 Å². The summed E-state index contributed by atoms with van der Waals surface area (Å²) in [5.74, 6) is 0.185. The largest absolute Gasteiger partial charge is 0.482 e. The van der Waals surface area contributed by atoms with E-state index in [1.165, 1.54) is 30.7 Å². The normalized spacial score (nSPS) is 14.6. The van der Waals surface area contributed by atoms with Gasteiger partial charge in [0.15, 0.2) is 5.65 Å². The molecule has 4 aromatic rings. The number of alkyl halides is 3. The van der Waals surface area contributed by atoms with E-state index in [0.717, 1.165) is 12.1 Å². The number of nitrogens with zero attached hydrogens (tertiary/aromatic N) is 5. The van der Waals surface area contributed by atoms with E-state index in [9.17, 15) is 22.8 Å². The van der Waals surface area contributed by atoms with E-state index in [2.05, 4.69) is 15.0 Å². The van der Waals surface area contributed by atoms with Gasteiger partial charge < -0.3 is 14.1 Å². The average molecular weight is 576 g/mol. The zero-order valence-electron chi connectivity index (χ0n) is 21.7. The lowest BCUT2D eigenvalue weighted by molar-refractivity contribution is -0.137. The number of pyridine rings is 1. The molecular formula is C27H25ClF3N5O4. The van der Waals surface area contributed by atoms with Gasteiger partial charge in [-0.3, -0.25) is 19.2 Å². The van der Waals surface area contributed by atoms with E-state index in [0.29, 0.717) is 71.4 Å². The molecule has 0 N–H and O–H groups in total. The highest BCUT2D eigenvalue weighted by atomic mass is 35.5. The number of halogens is 4. The molecule has 1 aliphatic heterocycles. The lowest BCUT2D eigenvalue weighted by atomic mass is 10.1. The number of amides is 1. The van der Waals surface area contributed by atoms with E-state index in [1.54, 1.807) is 16.6 Å². The van der Waals surface area contributed by atoms with Crippen LogP contribution in [0.15, 0.2) is 52.0 Å². The molecule has 1 aliphatic rings. The lowest BCUT2D eigenvalue weighted by Crippen LogP contribution is -2.48. The number of hydrogen-bond acceptors (Lipinski definition) is 7. The molecule has 210 valence electrons. The fourth-order valence-electron chi connectivity index (χ4n) is 4.59. The van der Waals surface area contributed by atoms with Crippen molar-refractivity contribution in [3.05, 3.63) is 86.2 Å². The number of ether oxygens (including phenoxy) is 1. The van der Waals surface area contributed by atoms with Crippen molar-refractivity contribution in [1.29, 1.82) is 0 Å². The van der Waals surface area contributed by atoms with Crippen molar-refractivity contribution in [2.75, 3.05) is 26.2 Å². The summed E-state index contributed by atoms with van der Waals surface area (Å²) in [6, 6.07) is 5.85. The van der Waals surface area contributed by atoms with Crippen LogP contribution in [0.5, 0.6) is 5.75 Å². The number of carbonyl (C=O) groups is 1. The summed E-state index contributed by atoms with van der Waals surface area (Å²) in [4.78, 5) is 33.8. The highest BCUT2D eigenvalue weighted by Gasteiger charge is 2.30. The van der Waals surface area contributed by atoms with Crippen LogP contribution in [0.3, 0.4) is 0 Å². The highest BCUT2D eigenvalue weighted by Crippen LogP contribution is 2.30. The number of carbonyl (C=O) groups excluding carboxylic acids is 1. The van der Waals surface area contributed by atoms with Crippen molar-refractivity contribution in [2.24, 2.45) is 7.05 Å². The van der Waals surface area contributed by atoms with Crippen molar-refractivity contribution in [2.45, 2.75) is 26.3 Å². The van der Waals surface area contributed by atoms with Gasteiger partial charge >= 0.3 is 6.18 Å². The van der Waals surface area contributed by atoms with Gasteiger partial charge in [-0.15, -0.1) is 0 Å². The van der Waals surface area contributed by atoms with Crippen LogP contribution in [0.4, 0.5) is 13.2 Å². The second kappa shape index (κ2) is 10.9. The van der Waals surface area contributed by atoms with E-state index < -0.39 is 17.2 Å². The van der Waals surface area contributed by atoms with Gasteiger partial charge in [0.2, 0.25) is 11.2 Å². The van der Waals surface area contributed by atoms with Gasteiger partial charge in [-0.25, -0.2) is 4.98 Å². The lowest BCUT2D eigenvalue weighted by Gasteiger charge is -2.34. The molecule has 0 unspecified atom stereocenters. The standard InChI is InChI=1S/C27H25ClF3N5O4/c1-16-23-24(28)20(12-32-25(23)34(2)33-16)26(38)36-9-7-35(8-10-36)13-19-11-21(37)22(15-39-19)40-14-17-3-5-18(6-4-17)27(29,30)31/h3-6,11-12,15H,7-10,13-14H2,1-2H3. The molecule has 9 nitrogen and oxygen atoms in total. The van der Waals surface area contributed by atoms with Gasteiger partial charge in [0.05, 0.1) is 33.8 Å². The van der Waals surface area contributed by atoms with Crippen LogP contribution in [-0.4, -0.2) is 56.7 Å². The number of rotatable bonds is 6. The van der Waals surface area contributed by atoms with E-state index in [1.807, 2.05) is 6.92 Å². The zero-order valence-corrected chi connectivity index (χ0v) is 22.4. The van der Waals surface area contributed by atoms with Crippen molar-refractivity contribution < 1.29 is 27.1 Å². The maximum absolute atomic E-state index is 13.2. The minimum absolute atomic E-state index is 0.0367. The van der Waals surface area contributed by atoms with Crippen LogP contribution in [0.25, 0.3) is 11.0 Å². The van der Waals surface area contributed by atoms with Gasteiger partial charge in [0.25, 0.3) is 5.91 Å². The second-order valence-corrected chi connectivity index (χ2v) is 9.90. The molecule has 1 aromatic carbocycles. The number of piperazine rings is 1. The Bertz CT molecular complexity index is 1610. The Labute approximate surface area is 231 Å². The minimum Gasteiger partial charge on any atom is -0.482 e. The second-order valence-electron chi connectivity index (χ2n) is 9.52. The maximum Gasteiger partial charge on any atom is 0.416 e. The monoisotopic (exact) mass is 575 g/mol. The van der Waals surface area contributed by atoms with E-state index in [4.69, 9.17) is 20.8 Å². The van der Waals surface area contributed by atoms with Crippen LogP contribution in [0, 0.1) is 6.92 Å². The third-order valence-electron chi connectivity index (χ3n) is 6.76. The summed E-state index contributed by atoms with van der Waals surface area (Å²) in [5.41, 5.74) is 0.971. The Morgan fingerprint density at radius 3 is 2.50 bits per heavy atom. The molecule has 0 spiro atoms. The summed E-state index contributed by atoms with van der Waals surface area (Å²) in [6.45, 7) is 4.13. The van der Waals surface area contributed by atoms with Gasteiger partial charge in [0.1, 0.15) is 18.6 Å². The van der Waals surface area contributed by atoms with Gasteiger partial charge in [-0.1, -0.05) is 23.7 Å². The molecule has 3 aromatic heterocycles. The molecule has 0 aliphatic carbocycles. The predicted molar refractivity (Wildman–Crippen MR) is 140 cm³/mol. The molecular weight excluding hydrogens is 551 g/mol. The van der Waals surface area contributed by atoms with Gasteiger partial charge in [-0.05, 0) is 24.6 Å². The topological polar surface area (TPSA) is 93.7 Å². The molecule has 1 saturated heterocycles. The fourth-order valence-corrected chi connectivity index (χ4v) is 4.95. The molecule has 0 saturated carbocycles. The van der Waals surface area contributed by atoms with Crippen molar-refractivity contribution in [1.82, 2.24) is 24.6 Å². The van der Waals surface area contributed by atoms with E-state index in [-0.39, 0.29) is 18.3 Å². The third kappa shape index (κ3) is 5.68. The molecule has 1 amide bonds. The van der Waals surface area contributed by atoms with Crippen molar-refractivity contribution in [3.8, 4) is 5.75 Å². The number of hydrogen-bond donors (Lipinski definition) is 0. The predicted octanol–water partition coefficient (Wildman–Crippen LogP) is 4.44. The smallest absolute Gasteiger partial charge is 0.416 e. The van der Waals surface area contributed by atoms with Crippen LogP contribution in [-0.2, 0) is 26.4 Å². The summed E-state index contributed by atoms with van der Waals surface area (Å²) < 4.78 is 50.8. The average Bonchev–Trinajstić information content (AvgIpc) is 3.22.